The normalized spacial score (nSPS) is 30.1. The minimum atomic E-state index is -1.73. The fourth-order valence-electron chi connectivity index (χ4n) is 6.80. The van der Waals surface area contributed by atoms with E-state index in [-0.39, 0.29) is 18.6 Å². The summed E-state index contributed by atoms with van der Waals surface area (Å²) in [5, 5.41) is 11.8. The Morgan fingerprint density at radius 1 is 0.886 bits per heavy atom. The second-order valence-corrected chi connectivity index (χ2v) is 10.3. The second-order valence-electron chi connectivity index (χ2n) is 10.3. The van der Waals surface area contributed by atoms with Crippen molar-refractivity contribution in [1.29, 1.82) is 0 Å². The predicted molar refractivity (Wildman–Crippen MR) is 132 cm³/mol. The molecule has 0 aromatic heterocycles. The Bertz CT molecular complexity index is 1160. The van der Waals surface area contributed by atoms with Gasteiger partial charge in [0.15, 0.2) is 5.60 Å². The second kappa shape index (κ2) is 8.81. The molecule has 0 radical (unpaired) electrons. The lowest BCUT2D eigenvalue weighted by molar-refractivity contribution is -1.06. The molecule has 4 atom stereocenters. The van der Waals surface area contributed by atoms with Gasteiger partial charge < -0.3 is 14.6 Å². The van der Waals surface area contributed by atoms with Crippen LogP contribution in [0.3, 0.4) is 0 Å². The molecule has 1 spiro atoms. The largest absolute Gasteiger partial charge is 0.487 e. The first kappa shape index (κ1) is 22.3. The molecule has 35 heavy (non-hydrogen) atoms. The van der Waals surface area contributed by atoms with E-state index < -0.39 is 11.6 Å². The molecule has 5 nitrogen and oxygen atoms in total. The third-order valence-electron chi connectivity index (χ3n) is 8.60. The van der Waals surface area contributed by atoms with E-state index in [4.69, 9.17) is 9.47 Å². The van der Waals surface area contributed by atoms with Crippen molar-refractivity contribution in [3.8, 4) is 5.75 Å². The van der Waals surface area contributed by atoms with Crippen LogP contribution in [0.5, 0.6) is 5.75 Å². The summed E-state index contributed by atoms with van der Waals surface area (Å²) in [6.07, 6.45) is 2.32. The van der Waals surface area contributed by atoms with Crippen molar-refractivity contribution in [3.05, 3.63) is 102 Å². The number of esters is 1. The Balaban J connectivity index is 1.23. The van der Waals surface area contributed by atoms with E-state index in [1.54, 1.807) is 0 Å². The standard InChI is InChI=1S/C30H32NO4/c32-29(30(33,24-12-6-2-7-13-24)20-22-10-4-1-5-11-22)35-28-27-23-16-18-31(28,19-17-23)26(27)21-34-25-14-8-3-9-15-25/h1-15,23,26-28,33H,16-21H2/q+1/t23?,26?,27-,28?,30?,31?/m1/s1. The highest BCUT2D eigenvalue weighted by Gasteiger charge is 2.73. The first-order valence-corrected chi connectivity index (χ1v) is 12.7. The van der Waals surface area contributed by atoms with E-state index in [2.05, 4.69) is 0 Å². The number of rotatable bonds is 8. The van der Waals surface area contributed by atoms with Crippen LogP contribution < -0.4 is 4.74 Å². The minimum absolute atomic E-state index is 0.179. The number of ether oxygens (including phenoxy) is 2. The summed E-state index contributed by atoms with van der Waals surface area (Å²) in [4.78, 5) is 13.7. The van der Waals surface area contributed by atoms with Gasteiger partial charge in [-0.05, 0) is 29.2 Å². The van der Waals surface area contributed by atoms with Crippen molar-refractivity contribution < 1.29 is 23.9 Å². The Kier molecular flexibility index (Phi) is 5.62. The van der Waals surface area contributed by atoms with Gasteiger partial charge in [0.1, 0.15) is 24.3 Å². The van der Waals surface area contributed by atoms with Gasteiger partial charge in [0.2, 0.25) is 6.23 Å². The molecule has 5 aliphatic rings. The SMILES string of the molecule is O=C(OC1[C@@H]2C3CC[N+]1(CC3)C2COc1ccccc1)C(O)(Cc1ccccc1)c1ccccc1. The summed E-state index contributed by atoms with van der Waals surface area (Å²) in [6.45, 7) is 2.64. The van der Waals surface area contributed by atoms with Gasteiger partial charge in [-0.2, -0.15) is 0 Å². The fourth-order valence-corrected chi connectivity index (χ4v) is 6.80. The minimum Gasteiger partial charge on any atom is -0.487 e. The number of carbonyl (C=O) groups excluding carboxylic acids is 1. The maximum atomic E-state index is 13.7. The summed E-state index contributed by atoms with van der Waals surface area (Å²) < 4.78 is 13.2. The zero-order chi connectivity index (χ0) is 23.9. The highest BCUT2D eigenvalue weighted by Crippen LogP contribution is 2.57. The summed E-state index contributed by atoms with van der Waals surface area (Å²) in [7, 11) is 0. The van der Waals surface area contributed by atoms with Gasteiger partial charge in [0.25, 0.3) is 0 Å². The van der Waals surface area contributed by atoms with Crippen molar-refractivity contribution >= 4 is 5.97 Å². The van der Waals surface area contributed by atoms with Crippen molar-refractivity contribution in [2.75, 3.05) is 19.7 Å². The molecule has 3 aromatic carbocycles. The Morgan fingerprint density at radius 3 is 2.09 bits per heavy atom. The van der Waals surface area contributed by atoms with Gasteiger partial charge in [0.05, 0.1) is 13.1 Å². The molecule has 5 heteroatoms. The summed E-state index contributed by atoms with van der Waals surface area (Å²) in [5.74, 6) is 1.16. The zero-order valence-electron chi connectivity index (χ0n) is 19.8. The average Bonchev–Trinajstić information content (AvgIpc) is 2.92. The van der Waals surface area contributed by atoms with Crippen LogP contribution in [0.25, 0.3) is 0 Å². The average molecular weight is 471 g/mol. The number of aliphatic hydroxyl groups is 1. The molecule has 5 heterocycles. The van der Waals surface area contributed by atoms with Crippen LogP contribution >= 0.6 is 0 Å². The topological polar surface area (TPSA) is 55.8 Å². The van der Waals surface area contributed by atoms with Gasteiger partial charge in [-0.3, -0.25) is 4.48 Å². The van der Waals surface area contributed by atoms with E-state index in [0.29, 0.717) is 24.1 Å². The predicted octanol–water partition coefficient (Wildman–Crippen LogP) is 4.30. The van der Waals surface area contributed by atoms with E-state index in [9.17, 15) is 9.90 Å². The fraction of sp³-hybridized carbons (Fsp3) is 0.367. The zero-order valence-corrected chi connectivity index (χ0v) is 19.8. The number of nitrogens with zero attached hydrogens (tertiary/aromatic N) is 1. The van der Waals surface area contributed by atoms with Gasteiger partial charge in [-0.15, -0.1) is 0 Å². The Morgan fingerprint density at radius 2 is 1.49 bits per heavy atom. The van der Waals surface area contributed by atoms with Crippen LogP contribution in [0, 0.1) is 11.8 Å². The van der Waals surface area contributed by atoms with Gasteiger partial charge >= 0.3 is 5.97 Å². The highest BCUT2D eigenvalue weighted by molar-refractivity contribution is 5.81. The Hall–Kier alpha value is -3.15. The van der Waals surface area contributed by atoms with E-state index in [1.807, 2.05) is 91.0 Å². The molecular formula is C30H32NO4+. The first-order valence-electron chi connectivity index (χ1n) is 12.7. The molecule has 0 saturated carbocycles. The number of carbonyl (C=O) groups is 1. The molecule has 5 fully saturated rings. The van der Waals surface area contributed by atoms with Gasteiger partial charge in [-0.1, -0.05) is 78.9 Å². The van der Waals surface area contributed by atoms with Crippen LogP contribution in [0.2, 0.25) is 0 Å². The van der Waals surface area contributed by atoms with Gasteiger partial charge in [0, 0.05) is 19.3 Å². The van der Waals surface area contributed by atoms with Crippen LogP contribution in [-0.2, 0) is 21.6 Å². The molecule has 180 valence electrons. The third-order valence-corrected chi connectivity index (χ3v) is 8.60. The molecule has 8 rings (SSSR count). The lowest BCUT2D eigenvalue weighted by atomic mass is 9.62. The van der Waals surface area contributed by atoms with Crippen molar-refractivity contribution in [1.82, 2.24) is 0 Å². The van der Waals surface area contributed by atoms with E-state index in [1.165, 1.54) is 12.8 Å². The summed E-state index contributed by atoms with van der Waals surface area (Å²) >= 11 is 0. The molecule has 3 aromatic rings. The lowest BCUT2D eigenvalue weighted by Crippen LogP contribution is -2.87. The number of hydrogen-bond donors (Lipinski definition) is 1. The van der Waals surface area contributed by atoms with Crippen LogP contribution in [-0.4, -0.2) is 47.5 Å². The quantitative estimate of drug-likeness (QED) is 0.394. The molecule has 1 N–H and O–H groups in total. The molecule has 5 aliphatic heterocycles. The molecular weight excluding hydrogens is 438 g/mol. The molecule has 3 unspecified atom stereocenters. The summed E-state index contributed by atoms with van der Waals surface area (Å²) in [5.41, 5.74) is -0.270. The number of hydrogen-bond acceptors (Lipinski definition) is 4. The Labute approximate surface area is 206 Å². The van der Waals surface area contributed by atoms with E-state index >= 15 is 0 Å². The molecule has 3 bridgehead atoms. The van der Waals surface area contributed by atoms with Crippen molar-refractivity contribution in [2.45, 2.75) is 37.1 Å². The number of fused-ring (bicyclic) bond motifs is 1. The molecule has 5 saturated heterocycles. The van der Waals surface area contributed by atoms with Crippen molar-refractivity contribution in [3.63, 3.8) is 0 Å². The molecule has 0 amide bonds. The number of para-hydroxylation sites is 1. The monoisotopic (exact) mass is 470 g/mol. The lowest BCUT2D eigenvalue weighted by Gasteiger charge is -2.70. The van der Waals surface area contributed by atoms with E-state index in [0.717, 1.165) is 28.9 Å². The maximum Gasteiger partial charge on any atom is 0.347 e. The number of benzene rings is 3. The van der Waals surface area contributed by atoms with Crippen LogP contribution in [0.15, 0.2) is 91.0 Å². The number of piperidine rings is 5. The maximum absolute atomic E-state index is 13.7. The van der Waals surface area contributed by atoms with Crippen molar-refractivity contribution in [2.24, 2.45) is 11.8 Å². The highest BCUT2D eigenvalue weighted by atomic mass is 16.6. The smallest absolute Gasteiger partial charge is 0.347 e. The molecule has 0 aliphatic carbocycles. The summed E-state index contributed by atoms with van der Waals surface area (Å²) in [6, 6.07) is 29.1. The third kappa shape index (κ3) is 3.74. The van der Waals surface area contributed by atoms with Crippen LogP contribution in [0.4, 0.5) is 0 Å². The van der Waals surface area contributed by atoms with Crippen LogP contribution in [0.1, 0.15) is 24.0 Å². The van der Waals surface area contributed by atoms with Gasteiger partial charge in [-0.25, -0.2) is 4.79 Å². The first-order chi connectivity index (χ1) is 17.1. The number of quaternary nitrogens is 1.